The first kappa shape index (κ1) is 20.9. The Hall–Kier alpha value is -3.36. The van der Waals surface area contributed by atoms with Crippen LogP contribution in [0.2, 0.25) is 5.02 Å². The van der Waals surface area contributed by atoms with Crippen molar-refractivity contribution in [1.82, 2.24) is 19.9 Å². The van der Waals surface area contributed by atoms with Crippen LogP contribution in [0.15, 0.2) is 60.9 Å². The van der Waals surface area contributed by atoms with Crippen LogP contribution in [0, 0.1) is 0 Å². The SMILES string of the molecule is CN(Cc1cccc(Cl)c1)C(=O)COC(=O)c1nccnc1-c1nc2ccccc2s1. The standard InChI is InChI=1S/C22H17ClN4O3S/c1-27(12-14-5-4-6-15(23)11-14)18(28)13-30-22(29)20-19(24-9-10-25-20)21-26-16-7-2-3-8-17(16)31-21/h2-11H,12-13H2,1H3. The maximum absolute atomic E-state index is 12.6. The van der Waals surface area contributed by atoms with Crippen LogP contribution in [-0.4, -0.2) is 45.4 Å². The van der Waals surface area contributed by atoms with Crippen molar-refractivity contribution in [3.63, 3.8) is 0 Å². The van der Waals surface area contributed by atoms with E-state index in [0.29, 0.717) is 22.3 Å². The number of hydrogen-bond acceptors (Lipinski definition) is 7. The van der Waals surface area contributed by atoms with Gasteiger partial charge in [-0.15, -0.1) is 11.3 Å². The monoisotopic (exact) mass is 452 g/mol. The molecule has 4 rings (SSSR count). The molecule has 9 heteroatoms. The number of carbonyl (C=O) groups is 2. The zero-order valence-electron chi connectivity index (χ0n) is 16.5. The van der Waals surface area contributed by atoms with Crippen LogP contribution >= 0.6 is 22.9 Å². The molecule has 1 amide bonds. The number of halogens is 1. The molecule has 0 N–H and O–H groups in total. The Morgan fingerprint density at radius 2 is 1.90 bits per heavy atom. The summed E-state index contributed by atoms with van der Waals surface area (Å²) in [5.74, 6) is -1.08. The number of fused-ring (bicyclic) bond motifs is 1. The third-order valence-electron chi connectivity index (χ3n) is 4.45. The number of esters is 1. The normalized spacial score (nSPS) is 10.8. The summed E-state index contributed by atoms with van der Waals surface area (Å²) in [4.78, 5) is 39.4. The minimum absolute atomic E-state index is 0.0202. The topological polar surface area (TPSA) is 85.3 Å². The van der Waals surface area contributed by atoms with Crippen molar-refractivity contribution in [1.29, 1.82) is 0 Å². The number of ether oxygens (including phenoxy) is 1. The van der Waals surface area contributed by atoms with Gasteiger partial charge in [0.15, 0.2) is 12.3 Å². The van der Waals surface area contributed by atoms with E-state index >= 15 is 0 Å². The first-order valence-electron chi connectivity index (χ1n) is 9.34. The quantitative estimate of drug-likeness (QED) is 0.407. The van der Waals surface area contributed by atoms with Crippen molar-refractivity contribution in [2.24, 2.45) is 0 Å². The predicted molar refractivity (Wildman–Crippen MR) is 119 cm³/mol. The summed E-state index contributed by atoms with van der Waals surface area (Å²) in [5, 5.41) is 1.15. The van der Waals surface area contributed by atoms with Gasteiger partial charge in [-0.1, -0.05) is 35.9 Å². The molecular formula is C22H17ClN4O3S. The Morgan fingerprint density at radius 3 is 2.71 bits per heavy atom. The van der Waals surface area contributed by atoms with Crippen molar-refractivity contribution in [3.05, 3.63) is 77.2 Å². The van der Waals surface area contributed by atoms with Crippen LogP contribution < -0.4 is 0 Å². The highest BCUT2D eigenvalue weighted by Gasteiger charge is 2.21. The number of aromatic nitrogens is 3. The van der Waals surface area contributed by atoms with Crippen LogP contribution in [0.5, 0.6) is 0 Å². The summed E-state index contributed by atoms with van der Waals surface area (Å²) in [6, 6.07) is 14.9. The molecular weight excluding hydrogens is 436 g/mol. The van der Waals surface area contributed by atoms with E-state index in [2.05, 4.69) is 15.0 Å². The van der Waals surface area contributed by atoms with Crippen LogP contribution in [0.3, 0.4) is 0 Å². The lowest BCUT2D eigenvalue weighted by Crippen LogP contribution is -2.31. The Bertz CT molecular complexity index is 1230. The summed E-state index contributed by atoms with van der Waals surface area (Å²) in [7, 11) is 1.63. The number of nitrogens with zero attached hydrogens (tertiary/aromatic N) is 4. The van der Waals surface area contributed by atoms with Crippen LogP contribution in [0.4, 0.5) is 0 Å². The maximum atomic E-state index is 12.6. The number of amides is 1. The molecule has 0 aliphatic carbocycles. The molecule has 156 valence electrons. The number of thiazole rings is 1. The van der Waals surface area contributed by atoms with E-state index in [4.69, 9.17) is 16.3 Å². The predicted octanol–water partition coefficient (Wildman–Crippen LogP) is 4.22. The first-order valence-corrected chi connectivity index (χ1v) is 10.5. The largest absolute Gasteiger partial charge is 0.451 e. The highest BCUT2D eigenvalue weighted by Crippen LogP contribution is 2.30. The van der Waals surface area contributed by atoms with Crippen LogP contribution in [0.1, 0.15) is 16.1 Å². The molecule has 31 heavy (non-hydrogen) atoms. The Labute approximate surface area is 187 Å². The van der Waals surface area contributed by atoms with Crippen LogP contribution in [-0.2, 0) is 16.1 Å². The molecule has 0 atom stereocenters. The summed E-state index contributed by atoms with van der Waals surface area (Å²) in [6.45, 7) is -0.0647. The summed E-state index contributed by atoms with van der Waals surface area (Å²) >= 11 is 7.39. The fraction of sp³-hybridized carbons (Fsp3) is 0.136. The van der Waals surface area contributed by atoms with Crippen molar-refractivity contribution >= 4 is 45.0 Å². The third kappa shape index (κ3) is 4.87. The van der Waals surface area contributed by atoms with Gasteiger partial charge in [-0.3, -0.25) is 4.79 Å². The minimum atomic E-state index is -0.730. The van der Waals surface area contributed by atoms with E-state index in [9.17, 15) is 9.59 Å². The Balaban J connectivity index is 1.45. The molecule has 2 aromatic carbocycles. The van der Waals surface area contributed by atoms with Gasteiger partial charge in [0.25, 0.3) is 5.91 Å². The average Bonchev–Trinajstić information content (AvgIpc) is 3.21. The molecule has 0 saturated carbocycles. The lowest BCUT2D eigenvalue weighted by Gasteiger charge is -2.17. The molecule has 0 radical (unpaired) electrons. The minimum Gasteiger partial charge on any atom is -0.451 e. The van der Waals surface area contributed by atoms with Gasteiger partial charge in [0, 0.05) is 31.0 Å². The third-order valence-corrected chi connectivity index (χ3v) is 5.73. The smallest absolute Gasteiger partial charge is 0.359 e. The highest BCUT2D eigenvalue weighted by atomic mass is 35.5. The van der Waals surface area contributed by atoms with Gasteiger partial charge < -0.3 is 9.64 Å². The zero-order valence-corrected chi connectivity index (χ0v) is 18.1. The van der Waals surface area contributed by atoms with Gasteiger partial charge in [-0.05, 0) is 29.8 Å². The fourth-order valence-corrected chi connectivity index (χ4v) is 4.10. The van der Waals surface area contributed by atoms with E-state index in [-0.39, 0.29) is 11.6 Å². The number of benzene rings is 2. The van der Waals surface area contributed by atoms with E-state index < -0.39 is 12.6 Å². The second-order valence-electron chi connectivity index (χ2n) is 6.70. The van der Waals surface area contributed by atoms with E-state index in [0.717, 1.165) is 15.8 Å². The van der Waals surface area contributed by atoms with Crippen molar-refractivity contribution < 1.29 is 14.3 Å². The molecule has 0 saturated heterocycles. The Kier molecular flexibility index (Phi) is 6.20. The molecule has 0 fully saturated rings. The lowest BCUT2D eigenvalue weighted by atomic mass is 10.2. The number of carbonyl (C=O) groups excluding carboxylic acids is 2. The van der Waals surface area contributed by atoms with Gasteiger partial charge in [-0.2, -0.15) is 0 Å². The molecule has 2 heterocycles. The Morgan fingerprint density at radius 1 is 1.10 bits per heavy atom. The van der Waals surface area contributed by atoms with Crippen LogP contribution in [0.25, 0.3) is 20.9 Å². The van der Waals surface area contributed by atoms with Crippen molar-refractivity contribution in [2.75, 3.05) is 13.7 Å². The van der Waals surface area contributed by atoms with Gasteiger partial charge in [0.05, 0.1) is 10.2 Å². The van der Waals surface area contributed by atoms with Gasteiger partial charge in [0.2, 0.25) is 0 Å². The van der Waals surface area contributed by atoms with Gasteiger partial charge in [-0.25, -0.2) is 19.7 Å². The maximum Gasteiger partial charge on any atom is 0.359 e. The molecule has 0 bridgehead atoms. The molecule has 7 nitrogen and oxygen atoms in total. The molecule has 0 unspecified atom stereocenters. The molecule has 4 aromatic rings. The van der Waals surface area contributed by atoms with Crippen molar-refractivity contribution in [2.45, 2.75) is 6.54 Å². The lowest BCUT2D eigenvalue weighted by molar-refractivity contribution is -0.133. The summed E-state index contributed by atoms with van der Waals surface area (Å²) in [6.07, 6.45) is 2.89. The first-order chi connectivity index (χ1) is 15.0. The summed E-state index contributed by atoms with van der Waals surface area (Å²) in [5.41, 5.74) is 2.03. The average molecular weight is 453 g/mol. The number of para-hydroxylation sites is 1. The second-order valence-corrected chi connectivity index (χ2v) is 8.16. The van der Waals surface area contributed by atoms with Gasteiger partial charge in [0.1, 0.15) is 10.7 Å². The molecule has 0 spiro atoms. The second kappa shape index (κ2) is 9.20. The van der Waals surface area contributed by atoms with E-state index in [1.807, 2.05) is 36.4 Å². The number of likely N-dealkylation sites (N-methyl/N-ethyl adjacent to an activating group) is 1. The summed E-state index contributed by atoms with van der Waals surface area (Å²) < 4.78 is 6.20. The molecule has 2 aromatic heterocycles. The highest BCUT2D eigenvalue weighted by molar-refractivity contribution is 7.21. The van der Waals surface area contributed by atoms with E-state index in [1.165, 1.54) is 28.6 Å². The van der Waals surface area contributed by atoms with Gasteiger partial charge >= 0.3 is 5.97 Å². The number of hydrogen-bond donors (Lipinski definition) is 0. The molecule has 0 aliphatic rings. The fourth-order valence-electron chi connectivity index (χ4n) is 2.92. The molecule has 0 aliphatic heterocycles. The van der Waals surface area contributed by atoms with Crippen molar-refractivity contribution in [3.8, 4) is 10.7 Å². The van der Waals surface area contributed by atoms with E-state index in [1.54, 1.807) is 19.2 Å². The zero-order chi connectivity index (χ0) is 21.8. The number of rotatable bonds is 6.